The van der Waals surface area contributed by atoms with Crippen LogP contribution in [-0.4, -0.2) is 9.55 Å². The van der Waals surface area contributed by atoms with Gasteiger partial charge in [-0.05, 0) is 88.2 Å². The summed E-state index contributed by atoms with van der Waals surface area (Å²) in [6.45, 7) is 0. The molecule has 0 aromatic carbocycles. The monoisotopic (exact) mass is 351 g/mol. The van der Waals surface area contributed by atoms with Crippen molar-refractivity contribution in [3.63, 3.8) is 0 Å². The molecule has 0 saturated carbocycles. The third-order valence-electron chi connectivity index (χ3n) is 6.94. The van der Waals surface area contributed by atoms with Crippen molar-refractivity contribution >= 4 is 11.6 Å². The second-order valence-electron chi connectivity index (χ2n) is 8.71. The smallest absolute Gasteiger partial charge is 0.212 e. The van der Waals surface area contributed by atoms with Gasteiger partial charge in [-0.15, -0.1) is 0 Å². The van der Waals surface area contributed by atoms with Crippen LogP contribution in [0.5, 0.6) is 0 Å². The van der Waals surface area contributed by atoms with Crippen molar-refractivity contribution < 1.29 is 0 Å². The van der Waals surface area contributed by atoms with Gasteiger partial charge in [0, 0.05) is 17.1 Å². The van der Waals surface area contributed by atoms with Crippen molar-refractivity contribution in [1.82, 2.24) is 9.55 Å². The van der Waals surface area contributed by atoms with Crippen LogP contribution in [0.3, 0.4) is 0 Å². The predicted octanol–water partition coefficient (Wildman–Crippen LogP) is 6.36. The molecule has 5 rings (SSSR count). The van der Waals surface area contributed by atoms with Crippen LogP contribution in [-0.2, 0) is 12.8 Å². The predicted molar refractivity (Wildman–Crippen MR) is 108 cm³/mol. The Morgan fingerprint density at radius 1 is 0.615 bits per heavy atom. The molecule has 0 unspecified atom stereocenters. The zero-order chi connectivity index (χ0) is 17.3. The molecule has 0 bridgehead atoms. The van der Waals surface area contributed by atoms with Gasteiger partial charge in [0.25, 0.3) is 0 Å². The number of aromatic nitrogens is 2. The van der Waals surface area contributed by atoms with E-state index in [0.717, 1.165) is 5.95 Å². The Morgan fingerprint density at radius 3 is 2.15 bits per heavy atom. The van der Waals surface area contributed by atoms with Gasteiger partial charge in [0.05, 0.1) is 5.69 Å². The van der Waals surface area contributed by atoms with E-state index >= 15 is 0 Å². The number of aryl methyl sites for hydroxylation is 1. The maximum atomic E-state index is 5.18. The van der Waals surface area contributed by atoms with E-state index in [9.17, 15) is 0 Å². The molecular weight excluding hydrogens is 318 g/mol. The van der Waals surface area contributed by atoms with Gasteiger partial charge in [-0.3, -0.25) is 4.57 Å². The SMILES string of the molecule is C1CCC2=C(CC1)C1=C(CCCCC1)n1c(nc3c1CCCCCC3)N2. The molecule has 0 radical (unpaired) electrons. The molecular formula is C23H33N3. The molecule has 3 aliphatic carbocycles. The highest BCUT2D eigenvalue weighted by molar-refractivity contribution is 5.68. The fraction of sp³-hybridized carbons (Fsp3) is 0.696. The number of allylic oxidation sites excluding steroid dienone is 4. The Kier molecular flexibility index (Phi) is 4.64. The van der Waals surface area contributed by atoms with E-state index in [1.807, 2.05) is 0 Å². The lowest BCUT2D eigenvalue weighted by molar-refractivity contribution is 0.602. The first-order valence-corrected chi connectivity index (χ1v) is 11.2. The highest BCUT2D eigenvalue weighted by atomic mass is 15.2. The Morgan fingerprint density at radius 2 is 1.27 bits per heavy atom. The summed E-state index contributed by atoms with van der Waals surface area (Å²) in [5.74, 6) is 1.15. The normalized spacial score (nSPS) is 24.0. The standard InChI is InChI=1S/C23H33N3/c1-2-9-16-22-20(14-7-1)25-23-24-19-13-8-3-5-11-17(19)18-12-6-4-10-15-21(18)26(22)23/h1-16H2,(H,24,25). The van der Waals surface area contributed by atoms with Crippen molar-refractivity contribution in [1.29, 1.82) is 0 Å². The molecule has 26 heavy (non-hydrogen) atoms. The molecule has 0 spiro atoms. The van der Waals surface area contributed by atoms with E-state index in [0.29, 0.717) is 0 Å². The molecule has 3 nitrogen and oxygen atoms in total. The van der Waals surface area contributed by atoms with E-state index in [1.54, 1.807) is 22.5 Å². The molecule has 4 aliphatic rings. The maximum absolute atomic E-state index is 5.18. The van der Waals surface area contributed by atoms with E-state index in [1.165, 1.54) is 114 Å². The zero-order valence-electron chi connectivity index (χ0n) is 16.2. The fourth-order valence-corrected chi connectivity index (χ4v) is 5.59. The van der Waals surface area contributed by atoms with Crippen LogP contribution in [0, 0.1) is 0 Å². The Balaban J connectivity index is 1.68. The van der Waals surface area contributed by atoms with Crippen LogP contribution in [0.1, 0.15) is 101 Å². The molecule has 2 heterocycles. The molecule has 140 valence electrons. The van der Waals surface area contributed by atoms with Crippen LogP contribution < -0.4 is 5.32 Å². The Hall–Kier alpha value is -1.51. The number of nitrogens with one attached hydrogen (secondary N) is 1. The first-order valence-electron chi connectivity index (χ1n) is 11.2. The summed E-state index contributed by atoms with van der Waals surface area (Å²) >= 11 is 0. The number of hydrogen-bond donors (Lipinski definition) is 1. The number of nitrogens with zero attached hydrogens (tertiary/aromatic N) is 2. The summed E-state index contributed by atoms with van der Waals surface area (Å²) in [6, 6.07) is 0. The first kappa shape index (κ1) is 16.6. The summed E-state index contributed by atoms with van der Waals surface area (Å²) in [7, 11) is 0. The van der Waals surface area contributed by atoms with Crippen molar-refractivity contribution in [3.8, 4) is 0 Å². The lowest BCUT2D eigenvalue weighted by Crippen LogP contribution is -2.09. The van der Waals surface area contributed by atoms with Crippen LogP contribution in [0.4, 0.5) is 5.95 Å². The van der Waals surface area contributed by atoms with Crippen molar-refractivity contribution in [2.45, 2.75) is 103 Å². The molecule has 1 aromatic rings. The van der Waals surface area contributed by atoms with Gasteiger partial charge in [0.1, 0.15) is 0 Å². The average Bonchev–Trinajstić information content (AvgIpc) is 2.86. The van der Waals surface area contributed by atoms with Crippen LogP contribution in [0.2, 0.25) is 0 Å². The molecule has 0 fully saturated rings. The van der Waals surface area contributed by atoms with Crippen LogP contribution in [0.15, 0.2) is 16.8 Å². The molecule has 0 amide bonds. The molecule has 1 N–H and O–H groups in total. The van der Waals surface area contributed by atoms with Gasteiger partial charge in [0.15, 0.2) is 0 Å². The van der Waals surface area contributed by atoms with Gasteiger partial charge in [-0.1, -0.05) is 25.7 Å². The number of imidazole rings is 1. The third kappa shape index (κ3) is 2.93. The summed E-state index contributed by atoms with van der Waals surface area (Å²) in [4.78, 5) is 5.18. The largest absolute Gasteiger partial charge is 0.329 e. The van der Waals surface area contributed by atoms with Crippen molar-refractivity contribution in [2.24, 2.45) is 0 Å². The van der Waals surface area contributed by atoms with Crippen LogP contribution >= 0.6 is 0 Å². The van der Waals surface area contributed by atoms with Gasteiger partial charge in [-0.25, -0.2) is 4.98 Å². The summed E-state index contributed by atoms with van der Waals surface area (Å²) in [6.07, 6.45) is 20.9. The van der Waals surface area contributed by atoms with E-state index in [2.05, 4.69) is 9.88 Å². The zero-order valence-corrected chi connectivity index (χ0v) is 16.2. The fourth-order valence-electron chi connectivity index (χ4n) is 5.59. The lowest BCUT2D eigenvalue weighted by atomic mass is 9.94. The summed E-state index contributed by atoms with van der Waals surface area (Å²) in [5, 5.41) is 3.87. The molecule has 1 aliphatic heterocycles. The second-order valence-corrected chi connectivity index (χ2v) is 8.71. The van der Waals surface area contributed by atoms with Crippen molar-refractivity contribution in [3.05, 3.63) is 28.2 Å². The van der Waals surface area contributed by atoms with Gasteiger partial charge in [0.2, 0.25) is 5.95 Å². The average molecular weight is 352 g/mol. The lowest BCUT2D eigenvalue weighted by Gasteiger charge is -2.19. The van der Waals surface area contributed by atoms with Gasteiger partial charge < -0.3 is 5.32 Å². The van der Waals surface area contributed by atoms with Gasteiger partial charge >= 0.3 is 0 Å². The molecule has 1 aromatic heterocycles. The second kappa shape index (κ2) is 7.25. The minimum Gasteiger partial charge on any atom is -0.329 e. The van der Waals surface area contributed by atoms with Crippen LogP contribution in [0.25, 0.3) is 5.70 Å². The Bertz CT molecular complexity index is 750. The van der Waals surface area contributed by atoms with E-state index < -0.39 is 0 Å². The highest BCUT2D eigenvalue weighted by Crippen LogP contribution is 2.43. The van der Waals surface area contributed by atoms with Crippen molar-refractivity contribution in [2.75, 3.05) is 5.32 Å². The number of fused-ring (bicyclic) bond motifs is 5. The van der Waals surface area contributed by atoms with E-state index in [4.69, 9.17) is 4.98 Å². The summed E-state index contributed by atoms with van der Waals surface area (Å²) < 4.78 is 2.61. The third-order valence-corrected chi connectivity index (χ3v) is 6.94. The van der Waals surface area contributed by atoms with Gasteiger partial charge in [-0.2, -0.15) is 0 Å². The van der Waals surface area contributed by atoms with E-state index in [-0.39, 0.29) is 0 Å². The quantitative estimate of drug-likeness (QED) is 0.589. The number of anilines is 1. The minimum atomic E-state index is 1.15. The number of hydrogen-bond acceptors (Lipinski definition) is 2. The maximum Gasteiger partial charge on any atom is 0.212 e. The summed E-state index contributed by atoms with van der Waals surface area (Å²) in [5.41, 5.74) is 9.43. The molecule has 0 saturated heterocycles. The highest BCUT2D eigenvalue weighted by Gasteiger charge is 2.29. The molecule has 0 atom stereocenters. The number of rotatable bonds is 0. The molecule has 3 heteroatoms. The first-order chi connectivity index (χ1) is 12.9. The minimum absolute atomic E-state index is 1.15. The Labute approximate surface area is 158 Å². The topological polar surface area (TPSA) is 29.9 Å².